The van der Waals surface area contributed by atoms with Crippen LogP contribution in [-0.2, 0) is 9.59 Å². The summed E-state index contributed by atoms with van der Waals surface area (Å²) in [6.07, 6.45) is 0.0343. The van der Waals surface area contributed by atoms with Gasteiger partial charge in [0.05, 0.1) is 5.92 Å². The van der Waals surface area contributed by atoms with Crippen LogP contribution in [0.2, 0.25) is 0 Å². The molecular formula is C22H17FN2O2. The first-order chi connectivity index (χ1) is 13.1. The Morgan fingerprint density at radius 3 is 2.41 bits per heavy atom. The van der Waals surface area contributed by atoms with Crippen LogP contribution >= 0.6 is 0 Å². The molecule has 0 radical (unpaired) electrons. The molecule has 0 spiro atoms. The Morgan fingerprint density at radius 1 is 0.963 bits per heavy atom. The van der Waals surface area contributed by atoms with Crippen molar-refractivity contribution in [3.8, 4) is 11.1 Å². The smallest absolute Gasteiger partial charge is 0.232 e. The molecule has 1 unspecified atom stereocenters. The summed E-state index contributed by atoms with van der Waals surface area (Å²) >= 11 is 0. The van der Waals surface area contributed by atoms with Gasteiger partial charge in [-0.2, -0.15) is 0 Å². The van der Waals surface area contributed by atoms with Gasteiger partial charge in [0.2, 0.25) is 11.8 Å². The average Bonchev–Trinajstić information content (AvgIpc) is 2.68. The van der Waals surface area contributed by atoms with Gasteiger partial charge >= 0.3 is 0 Å². The normalized spacial score (nSPS) is 15.6. The molecule has 134 valence electrons. The summed E-state index contributed by atoms with van der Waals surface area (Å²) in [6, 6.07) is 21.5. The van der Waals surface area contributed by atoms with Crippen LogP contribution in [0.1, 0.15) is 17.9 Å². The highest BCUT2D eigenvalue weighted by atomic mass is 19.1. The third kappa shape index (κ3) is 3.58. The van der Waals surface area contributed by atoms with E-state index in [4.69, 9.17) is 0 Å². The van der Waals surface area contributed by atoms with Crippen molar-refractivity contribution in [2.45, 2.75) is 12.3 Å². The fourth-order valence-electron chi connectivity index (χ4n) is 3.28. The first kappa shape index (κ1) is 17.0. The van der Waals surface area contributed by atoms with E-state index >= 15 is 0 Å². The molecule has 0 aromatic heterocycles. The number of rotatable bonds is 3. The van der Waals surface area contributed by atoms with Crippen molar-refractivity contribution in [2.75, 3.05) is 10.6 Å². The summed E-state index contributed by atoms with van der Waals surface area (Å²) in [4.78, 5) is 24.6. The topological polar surface area (TPSA) is 58.2 Å². The van der Waals surface area contributed by atoms with Crippen LogP contribution in [0.25, 0.3) is 11.1 Å². The minimum Gasteiger partial charge on any atom is -0.326 e. The van der Waals surface area contributed by atoms with Gasteiger partial charge in [0.1, 0.15) is 5.82 Å². The molecule has 3 aromatic rings. The predicted octanol–water partition coefficient (Wildman–Crippen LogP) is 4.56. The largest absolute Gasteiger partial charge is 0.326 e. The number of amides is 2. The molecule has 2 N–H and O–H groups in total. The molecule has 2 amide bonds. The number of hydrogen-bond donors (Lipinski definition) is 2. The maximum atomic E-state index is 13.4. The second-order valence-electron chi connectivity index (χ2n) is 6.47. The first-order valence-electron chi connectivity index (χ1n) is 8.66. The van der Waals surface area contributed by atoms with E-state index in [1.54, 1.807) is 6.07 Å². The second kappa shape index (κ2) is 7.03. The van der Waals surface area contributed by atoms with Crippen LogP contribution in [0.3, 0.4) is 0 Å². The Balaban J connectivity index is 1.54. The lowest BCUT2D eigenvalue weighted by atomic mass is 9.89. The zero-order valence-electron chi connectivity index (χ0n) is 14.4. The van der Waals surface area contributed by atoms with E-state index in [-0.39, 0.29) is 18.2 Å². The van der Waals surface area contributed by atoms with Crippen molar-refractivity contribution < 1.29 is 14.0 Å². The van der Waals surface area contributed by atoms with Gasteiger partial charge in [-0.1, -0.05) is 48.5 Å². The molecule has 1 aliphatic rings. The Bertz CT molecular complexity index is 1000. The van der Waals surface area contributed by atoms with Gasteiger partial charge in [0.15, 0.2) is 0 Å². The van der Waals surface area contributed by atoms with Gasteiger partial charge in [-0.15, -0.1) is 0 Å². The monoisotopic (exact) mass is 360 g/mol. The molecule has 0 saturated heterocycles. The van der Waals surface area contributed by atoms with E-state index in [0.29, 0.717) is 16.9 Å². The Labute approximate surface area is 156 Å². The van der Waals surface area contributed by atoms with Crippen molar-refractivity contribution in [3.05, 3.63) is 84.2 Å². The number of carbonyl (C=O) groups is 2. The van der Waals surface area contributed by atoms with E-state index in [9.17, 15) is 14.0 Å². The molecule has 4 nitrogen and oxygen atoms in total. The van der Waals surface area contributed by atoms with Crippen LogP contribution in [0.5, 0.6) is 0 Å². The zero-order valence-corrected chi connectivity index (χ0v) is 14.4. The number of fused-ring (bicyclic) bond motifs is 1. The van der Waals surface area contributed by atoms with E-state index < -0.39 is 11.7 Å². The minimum absolute atomic E-state index is 0.0343. The fraction of sp³-hybridized carbons (Fsp3) is 0.0909. The number of benzene rings is 3. The maximum Gasteiger partial charge on any atom is 0.232 e. The lowest BCUT2D eigenvalue weighted by molar-refractivity contribution is -0.123. The molecule has 1 atom stereocenters. The third-order valence-electron chi connectivity index (χ3n) is 4.63. The molecule has 27 heavy (non-hydrogen) atoms. The molecule has 0 aliphatic carbocycles. The number of hydrogen-bond acceptors (Lipinski definition) is 2. The average molecular weight is 360 g/mol. The van der Waals surface area contributed by atoms with Crippen molar-refractivity contribution in [1.82, 2.24) is 0 Å². The van der Waals surface area contributed by atoms with Crippen LogP contribution in [0.4, 0.5) is 15.8 Å². The van der Waals surface area contributed by atoms with Gasteiger partial charge < -0.3 is 10.6 Å². The summed E-state index contributed by atoms with van der Waals surface area (Å²) in [6.45, 7) is 0. The molecule has 0 bridgehead atoms. The van der Waals surface area contributed by atoms with Gasteiger partial charge in [-0.3, -0.25) is 9.59 Å². The first-order valence-corrected chi connectivity index (χ1v) is 8.66. The Morgan fingerprint density at radius 2 is 1.67 bits per heavy atom. The molecule has 4 rings (SSSR count). The van der Waals surface area contributed by atoms with E-state index in [2.05, 4.69) is 10.6 Å². The number of halogens is 1. The van der Waals surface area contributed by atoms with E-state index in [1.807, 2.05) is 54.6 Å². The summed E-state index contributed by atoms with van der Waals surface area (Å²) < 4.78 is 13.4. The van der Waals surface area contributed by atoms with Crippen LogP contribution in [0.15, 0.2) is 72.8 Å². The summed E-state index contributed by atoms with van der Waals surface area (Å²) in [5.41, 5.74) is 3.76. The highest BCUT2D eigenvalue weighted by Gasteiger charge is 2.31. The minimum atomic E-state index is -0.650. The van der Waals surface area contributed by atoms with Crippen molar-refractivity contribution in [3.63, 3.8) is 0 Å². The maximum absolute atomic E-state index is 13.4. The van der Waals surface area contributed by atoms with Gasteiger partial charge in [0, 0.05) is 17.8 Å². The number of nitrogens with one attached hydrogen (secondary N) is 2. The highest BCUT2D eigenvalue weighted by Crippen LogP contribution is 2.33. The van der Waals surface area contributed by atoms with Gasteiger partial charge in [-0.25, -0.2) is 4.39 Å². The Hall–Kier alpha value is -3.47. The molecule has 5 heteroatoms. The number of anilines is 2. The van der Waals surface area contributed by atoms with E-state index in [1.165, 1.54) is 12.1 Å². The quantitative estimate of drug-likeness (QED) is 0.719. The zero-order chi connectivity index (χ0) is 18.8. The van der Waals surface area contributed by atoms with Crippen molar-refractivity contribution in [1.29, 1.82) is 0 Å². The lowest BCUT2D eigenvalue weighted by Gasteiger charge is -2.25. The Kier molecular flexibility index (Phi) is 4.42. The second-order valence-corrected chi connectivity index (χ2v) is 6.47. The third-order valence-corrected chi connectivity index (χ3v) is 4.63. The van der Waals surface area contributed by atoms with Gasteiger partial charge in [0.25, 0.3) is 0 Å². The molecule has 0 saturated carbocycles. The fourth-order valence-corrected chi connectivity index (χ4v) is 3.28. The molecule has 1 aliphatic heterocycles. The molecule has 0 fully saturated rings. The van der Waals surface area contributed by atoms with Crippen LogP contribution < -0.4 is 10.6 Å². The molecule has 1 heterocycles. The lowest BCUT2D eigenvalue weighted by Crippen LogP contribution is -2.30. The summed E-state index contributed by atoms with van der Waals surface area (Å²) in [7, 11) is 0. The summed E-state index contributed by atoms with van der Waals surface area (Å²) in [5, 5.41) is 5.47. The predicted molar refractivity (Wildman–Crippen MR) is 103 cm³/mol. The van der Waals surface area contributed by atoms with Crippen molar-refractivity contribution >= 4 is 23.2 Å². The van der Waals surface area contributed by atoms with Crippen LogP contribution in [0, 0.1) is 5.82 Å². The van der Waals surface area contributed by atoms with Crippen molar-refractivity contribution in [2.24, 2.45) is 0 Å². The number of carbonyl (C=O) groups excluding carboxylic acids is 2. The molecular weight excluding hydrogens is 343 g/mol. The van der Waals surface area contributed by atoms with E-state index in [0.717, 1.165) is 11.1 Å². The van der Waals surface area contributed by atoms with Gasteiger partial charge in [-0.05, 0) is 41.0 Å². The van der Waals surface area contributed by atoms with Crippen LogP contribution in [-0.4, -0.2) is 11.8 Å². The SMILES string of the molecule is O=C1CC(C(=O)Nc2ccc(-c3ccccc3)cc2)c2ccc(F)cc2N1. The molecule has 3 aromatic carbocycles. The summed E-state index contributed by atoms with van der Waals surface area (Å²) in [5.74, 6) is -1.69. The standard InChI is InChI=1S/C22H17FN2O2/c23-16-8-11-18-19(13-21(26)25-20(18)12-16)22(27)24-17-9-6-15(7-10-17)14-4-2-1-3-5-14/h1-12,19H,13H2,(H,24,27)(H,25,26). The highest BCUT2D eigenvalue weighted by molar-refractivity contribution is 6.05.